The number of methoxy groups -OCH3 is 1. The van der Waals surface area contributed by atoms with Crippen LogP contribution in [0.15, 0.2) is 6.33 Å². The maximum absolute atomic E-state index is 11.2. The summed E-state index contributed by atoms with van der Waals surface area (Å²) in [6.07, 6.45) is 1.32. The smallest absolute Gasteiger partial charge is 0.239 e. The Balaban J connectivity index is 2.94. The van der Waals surface area contributed by atoms with Crippen LogP contribution < -0.4 is 15.0 Å². The molecule has 0 aliphatic rings. The summed E-state index contributed by atoms with van der Waals surface area (Å²) in [5, 5.41) is 2.74. The number of rotatable bonds is 4. The van der Waals surface area contributed by atoms with E-state index in [1.54, 1.807) is 19.0 Å². The van der Waals surface area contributed by atoms with Crippen molar-refractivity contribution in [2.75, 3.05) is 32.6 Å². The second-order valence-corrected chi connectivity index (χ2v) is 3.41. The van der Waals surface area contributed by atoms with E-state index in [0.29, 0.717) is 11.6 Å². The molecule has 0 aromatic carbocycles. The van der Waals surface area contributed by atoms with E-state index in [1.165, 1.54) is 13.4 Å². The third-order valence-electron chi connectivity index (χ3n) is 1.97. The lowest BCUT2D eigenvalue weighted by atomic mass is 10.4. The van der Waals surface area contributed by atoms with Crippen LogP contribution in [0.25, 0.3) is 0 Å². The van der Waals surface area contributed by atoms with E-state index >= 15 is 0 Å². The van der Waals surface area contributed by atoms with Gasteiger partial charge in [-0.15, -0.1) is 0 Å². The zero-order valence-corrected chi connectivity index (χ0v) is 10.1. The van der Waals surface area contributed by atoms with E-state index < -0.39 is 0 Å². The summed E-state index contributed by atoms with van der Waals surface area (Å²) in [7, 11) is 4.76. The number of amides is 1. The van der Waals surface area contributed by atoms with E-state index in [1.807, 2.05) is 0 Å². The number of likely N-dealkylation sites (N-methyl/N-ethyl adjacent to an activating group) is 2. The molecule has 1 aromatic rings. The number of carbonyl (C=O) groups is 1. The maximum atomic E-state index is 11.2. The lowest BCUT2D eigenvalue weighted by Gasteiger charge is -2.19. The molecule has 0 spiro atoms. The molecule has 88 valence electrons. The predicted octanol–water partition coefficient (Wildman–Crippen LogP) is 0.321. The molecule has 0 aliphatic carbocycles. The highest BCUT2D eigenvalue weighted by Gasteiger charge is 2.15. The van der Waals surface area contributed by atoms with Gasteiger partial charge < -0.3 is 15.0 Å². The van der Waals surface area contributed by atoms with E-state index in [-0.39, 0.29) is 17.6 Å². The number of nitrogens with zero attached hydrogens (tertiary/aromatic N) is 3. The van der Waals surface area contributed by atoms with Crippen LogP contribution in [0.4, 0.5) is 5.82 Å². The zero-order chi connectivity index (χ0) is 12.1. The van der Waals surface area contributed by atoms with Crippen molar-refractivity contribution in [1.29, 1.82) is 0 Å². The fraction of sp³-hybridized carbons (Fsp3) is 0.444. The molecule has 1 amide bonds. The Morgan fingerprint density at radius 3 is 2.88 bits per heavy atom. The standard InChI is InChI=1S/C9H13ClN4O2/c1-11-6(15)4-14(2)9-7(16-3)8(10)12-5-13-9/h5H,4H2,1-3H3,(H,11,15). The van der Waals surface area contributed by atoms with E-state index in [0.717, 1.165) is 0 Å². The van der Waals surface area contributed by atoms with Crippen LogP contribution in [-0.4, -0.2) is 43.6 Å². The Kier molecular flexibility index (Phi) is 4.30. The summed E-state index contributed by atoms with van der Waals surface area (Å²) in [5.41, 5.74) is 0. The van der Waals surface area contributed by atoms with Crippen molar-refractivity contribution in [3.05, 3.63) is 11.5 Å². The monoisotopic (exact) mass is 244 g/mol. The fourth-order valence-electron chi connectivity index (χ4n) is 1.16. The highest BCUT2D eigenvalue weighted by Crippen LogP contribution is 2.30. The van der Waals surface area contributed by atoms with Crippen LogP contribution in [-0.2, 0) is 4.79 Å². The summed E-state index contributed by atoms with van der Waals surface area (Å²) < 4.78 is 5.08. The van der Waals surface area contributed by atoms with Gasteiger partial charge in [0.25, 0.3) is 0 Å². The van der Waals surface area contributed by atoms with E-state index in [2.05, 4.69) is 15.3 Å². The first-order chi connectivity index (χ1) is 7.60. The van der Waals surface area contributed by atoms with Crippen LogP contribution in [0.3, 0.4) is 0 Å². The first-order valence-electron chi connectivity index (χ1n) is 4.56. The van der Waals surface area contributed by atoms with Gasteiger partial charge >= 0.3 is 0 Å². The Morgan fingerprint density at radius 1 is 1.62 bits per heavy atom. The van der Waals surface area contributed by atoms with Crippen molar-refractivity contribution < 1.29 is 9.53 Å². The zero-order valence-electron chi connectivity index (χ0n) is 9.32. The minimum absolute atomic E-state index is 0.126. The van der Waals surface area contributed by atoms with Gasteiger partial charge in [-0.3, -0.25) is 4.79 Å². The quantitative estimate of drug-likeness (QED) is 0.773. The van der Waals surface area contributed by atoms with Crippen LogP contribution in [0, 0.1) is 0 Å². The molecule has 0 radical (unpaired) electrons. The molecule has 0 aliphatic heterocycles. The Morgan fingerprint density at radius 2 is 2.31 bits per heavy atom. The molecule has 0 bridgehead atoms. The molecule has 0 atom stereocenters. The molecule has 0 fully saturated rings. The van der Waals surface area contributed by atoms with Crippen molar-refractivity contribution in [2.45, 2.75) is 0 Å². The topological polar surface area (TPSA) is 67.4 Å². The summed E-state index contributed by atoms with van der Waals surface area (Å²) in [6, 6.07) is 0. The highest BCUT2D eigenvalue weighted by molar-refractivity contribution is 6.31. The minimum Gasteiger partial charge on any atom is -0.490 e. The van der Waals surface area contributed by atoms with Gasteiger partial charge in [0.15, 0.2) is 16.7 Å². The predicted molar refractivity (Wildman–Crippen MR) is 60.9 cm³/mol. The molecule has 1 heterocycles. The van der Waals surface area contributed by atoms with Crippen molar-refractivity contribution in [3.63, 3.8) is 0 Å². The minimum atomic E-state index is -0.126. The number of hydrogen-bond acceptors (Lipinski definition) is 5. The number of carbonyl (C=O) groups excluding carboxylic acids is 1. The highest BCUT2D eigenvalue weighted by atomic mass is 35.5. The van der Waals surface area contributed by atoms with Crippen LogP contribution >= 0.6 is 11.6 Å². The van der Waals surface area contributed by atoms with Crippen LogP contribution in [0.5, 0.6) is 5.75 Å². The number of hydrogen-bond donors (Lipinski definition) is 1. The molecular formula is C9H13ClN4O2. The second-order valence-electron chi connectivity index (χ2n) is 3.05. The Labute approximate surface area is 98.6 Å². The van der Waals surface area contributed by atoms with E-state index in [4.69, 9.17) is 16.3 Å². The summed E-state index contributed by atoms with van der Waals surface area (Å²) in [4.78, 5) is 20.7. The molecule has 1 aromatic heterocycles. The van der Waals surface area contributed by atoms with Gasteiger partial charge in [-0.25, -0.2) is 9.97 Å². The lowest BCUT2D eigenvalue weighted by molar-refractivity contribution is -0.119. The molecule has 1 rings (SSSR count). The van der Waals surface area contributed by atoms with E-state index in [9.17, 15) is 4.79 Å². The van der Waals surface area contributed by atoms with Gasteiger partial charge in [0.1, 0.15) is 6.33 Å². The second kappa shape index (κ2) is 5.50. The normalized spacial score (nSPS) is 9.75. The van der Waals surface area contributed by atoms with Gasteiger partial charge in [-0.2, -0.15) is 0 Å². The van der Waals surface area contributed by atoms with Gasteiger partial charge in [-0.1, -0.05) is 11.6 Å². The molecule has 0 saturated carbocycles. The maximum Gasteiger partial charge on any atom is 0.239 e. The first-order valence-corrected chi connectivity index (χ1v) is 4.94. The van der Waals surface area contributed by atoms with Gasteiger partial charge in [0, 0.05) is 14.1 Å². The fourth-order valence-corrected chi connectivity index (χ4v) is 1.37. The van der Waals surface area contributed by atoms with Crippen LogP contribution in [0.1, 0.15) is 0 Å². The van der Waals surface area contributed by atoms with Gasteiger partial charge in [-0.05, 0) is 0 Å². The number of anilines is 1. The third-order valence-corrected chi connectivity index (χ3v) is 2.24. The first kappa shape index (κ1) is 12.5. The summed E-state index contributed by atoms with van der Waals surface area (Å²) in [6.45, 7) is 0.167. The number of aromatic nitrogens is 2. The number of ether oxygens (including phenoxy) is 1. The van der Waals surface area contributed by atoms with Crippen molar-refractivity contribution in [1.82, 2.24) is 15.3 Å². The molecule has 7 heteroatoms. The van der Waals surface area contributed by atoms with Gasteiger partial charge in [0.05, 0.1) is 13.7 Å². The molecule has 1 N–H and O–H groups in total. The molecule has 6 nitrogen and oxygen atoms in total. The van der Waals surface area contributed by atoms with Crippen molar-refractivity contribution in [3.8, 4) is 5.75 Å². The SMILES string of the molecule is CNC(=O)CN(C)c1ncnc(Cl)c1OC. The molecule has 0 unspecified atom stereocenters. The average Bonchev–Trinajstić information content (AvgIpc) is 2.28. The Bertz CT molecular complexity index is 386. The van der Waals surface area contributed by atoms with Crippen molar-refractivity contribution in [2.24, 2.45) is 0 Å². The van der Waals surface area contributed by atoms with Crippen molar-refractivity contribution >= 4 is 23.3 Å². The number of nitrogens with one attached hydrogen (secondary N) is 1. The van der Waals surface area contributed by atoms with Gasteiger partial charge in [0.2, 0.25) is 5.91 Å². The summed E-state index contributed by atoms with van der Waals surface area (Å²) >= 11 is 5.84. The van der Waals surface area contributed by atoms with Crippen LogP contribution in [0.2, 0.25) is 5.15 Å². The largest absolute Gasteiger partial charge is 0.490 e. The number of halogens is 1. The summed E-state index contributed by atoms with van der Waals surface area (Å²) in [5.74, 6) is 0.709. The average molecular weight is 245 g/mol. The molecule has 16 heavy (non-hydrogen) atoms. The third kappa shape index (κ3) is 2.73. The molecule has 0 saturated heterocycles. The molecular weight excluding hydrogens is 232 g/mol. The Hall–Kier alpha value is -1.56. The lowest BCUT2D eigenvalue weighted by Crippen LogP contribution is -2.33.